The van der Waals surface area contributed by atoms with Gasteiger partial charge in [-0.2, -0.15) is 0 Å². The number of aliphatic hydroxyl groups excluding tert-OH is 1. The molecule has 0 aromatic rings. The molecule has 1 amide bonds. The molecule has 14 heavy (non-hydrogen) atoms. The van der Waals surface area contributed by atoms with Crippen molar-refractivity contribution >= 4 is 6.41 Å². The summed E-state index contributed by atoms with van der Waals surface area (Å²) in [5.74, 6) is 0. The van der Waals surface area contributed by atoms with Crippen LogP contribution in [-0.2, 0) is 9.53 Å². The van der Waals surface area contributed by atoms with Gasteiger partial charge in [0.25, 0.3) is 0 Å². The molecule has 0 bridgehead atoms. The monoisotopic (exact) mass is 200 g/mol. The quantitative estimate of drug-likeness (QED) is 0.691. The van der Waals surface area contributed by atoms with Crippen molar-refractivity contribution in [1.29, 1.82) is 0 Å². The molecule has 0 unspecified atom stereocenters. The molecule has 1 rings (SSSR count). The summed E-state index contributed by atoms with van der Waals surface area (Å²) in [6.07, 6.45) is 1.86. The lowest BCUT2D eigenvalue weighted by molar-refractivity contribution is -0.175. The molecule has 1 aliphatic rings. The van der Waals surface area contributed by atoms with Gasteiger partial charge in [-0.05, 0) is 5.41 Å². The van der Waals surface area contributed by atoms with Crippen molar-refractivity contribution in [2.75, 3.05) is 26.3 Å². The summed E-state index contributed by atoms with van der Waals surface area (Å²) in [5.41, 5.74) is -0.847. The van der Waals surface area contributed by atoms with Crippen LogP contribution in [0.15, 0.2) is 0 Å². The molecule has 1 aliphatic heterocycles. The number of ether oxygens (including phenoxy) is 1. The van der Waals surface area contributed by atoms with E-state index < -0.39 is 5.60 Å². The van der Waals surface area contributed by atoms with Crippen LogP contribution in [0.3, 0.4) is 0 Å². The molecule has 1 fully saturated rings. The van der Waals surface area contributed by atoms with Gasteiger partial charge in [-0.15, -0.1) is 0 Å². The van der Waals surface area contributed by atoms with Crippen LogP contribution in [0, 0.1) is 5.41 Å². The second kappa shape index (κ2) is 3.87. The third-order valence-electron chi connectivity index (χ3n) is 2.94. The van der Waals surface area contributed by atoms with Gasteiger partial charge in [0, 0.05) is 6.54 Å². The van der Waals surface area contributed by atoms with Gasteiger partial charge in [-0.3, -0.25) is 4.79 Å². The Kier molecular flexibility index (Phi) is 3.17. The van der Waals surface area contributed by atoms with Gasteiger partial charge in [-0.1, -0.05) is 20.8 Å². The third-order valence-corrected chi connectivity index (χ3v) is 2.94. The maximum Gasteiger partial charge on any atom is 0.312 e. The zero-order chi connectivity index (χ0) is 10.8. The molecule has 0 saturated carbocycles. The topological polar surface area (TPSA) is 49.8 Å². The highest BCUT2D eigenvalue weighted by atomic mass is 16.5. The molecule has 81 valence electrons. The molecular weight excluding hydrogens is 182 g/mol. The lowest BCUT2D eigenvalue weighted by Crippen LogP contribution is -2.60. The van der Waals surface area contributed by atoms with E-state index in [1.54, 1.807) is 0 Å². The van der Waals surface area contributed by atoms with E-state index in [0.717, 1.165) is 0 Å². The first-order valence-corrected chi connectivity index (χ1v) is 4.83. The molecule has 1 heterocycles. The van der Waals surface area contributed by atoms with Gasteiger partial charge in [0.05, 0.1) is 19.8 Å². The molecular formula is C10H18NO3. The van der Waals surface area contributed by atoms with Crippen molar-refractivity contribution < 1.29 is 14.6 Å². The number of carbonyl (C=O) groups excluding carboxylic acids is 1. The molecule has 1 radical (unpaired) electrons. The van der Waals surface area contributed by atoms with Crippen LogP contribution in [0.4, 0.5) is 0 Å². The van der Waals surface area contributed by atoms with E-state index in [9.17, 15) is 9.90 Å². The van der Waals surface area contributed by atoms with Gasteiger partial charge >= 0.3 is 6.41 Å². The summed E-state index contributed by atoms with van der Waals surface area (Å²) in [4.78, 5) is 12.1. The minimum absolute atomic E-state index is 0.0747. The van der Waals surface area contributed by atoms with Gasteiger partial charge in [0.15, 0.2) is 0 Å². The molecule has 1 N–H and O–H groups in total. The van der Waals surface area contributed by atoms with Crippen LogP contribution in [0.2, 0.25) is 0 Å². The fraction of sp³-hybridized carbons (Fsp3) is 0.900. The van der Waals surface area contributed by atoms with E-state index in [2.05, 4.69) is 0 Å². The molecule has 0 aromatic carbocycles. The van der Waals surface area contributed by atoms with Crippen LogP contribution in [0.5, 0.6) is 0 Å². The number of hydrogen-bond acceptors (Lipinski definition) is 3. The van der Waals surface area contributed by atoms with Crippen LogP contribution in [-0.4, -0.2) is 48.3 Å². The summed E-state index contributed by atoms with van der Waals surface area (Å²) < 4.78 is 5.64. The van der Waals surface area contributed by atoms with Crippen LogP contribution >= 0.6 is 0 Å². The highest BCUT2D eigenvalue weighted by Crippen LogP contribution is 2.35. The van der Waals surface area contributed by atoms with E-state index >= 15 is 0 Å². The van der Waals surface area contributed by atoms with Crippen LogP contribution in [0.25, 0.3) is 0 Å². The van der Waals surface area contributed by atoms with Crippen LogP contribution < -0.4 is 0 Å². The molecule has 4 nitrogen and oxygen atoms in total. The second-order valence-electron chi connectivity index (χ2n) is 4.76. The maximum atomic E-state index is 10.6. The van der Waals surface area contributed by atoms with Crippen molar-refractivity contribution in [2.24, 2.45) is 5.41 Å². The molecule has 0 aromatic heterocycles. The molecule has 1 atom stereocenters. The summed E-state index contributed by atoms with van der Waals surface area (Å²) >= 11 is 0. The smallest absolute Gasteiger partial charge is 0.312 e. The summed E-state index contributed by atoms with van der Waals surface area (Å²) in [6, 6.07) is 0. The van der Waals surface area contributed by atoms with Crippen molar-refractivity contribution in [1.82, 2.24) is 4.90 Å². The van der Waals surface area contributed by atoms with Crippen molar-refractivity contribution in [2.45, 2.75) is 26.4 Å². The Labute approximate surface area is 84.8 Å². The average Bonchev–Trinajstić information content (AvgIpc) is 2.16. The minimum atomic E-state index is -0.650. The Bertz CT molecular complexity index is 212. The lowest BCUT2D eigenvalue weighted by Gasteiger charge is -2.48. The number of nitrogens with zero attached hydrogens (tertiary/aromatic N) is 1. The Morgan fingerprint density at radius 1 is 1.57 bits per heavy atom. The number of morpholine rings is 1. The van der Waals surface area contributed by atoms with Crippen molar-refractivity contribution in [3.05, 3.63) is 0 Å². The Balaban J connectivity index is 2.83. The van der Waals surface area contributed by atoms with Crippen LogP contribution in [0.1, 0.15) is 20.8 Å². The summed E-state index contributed by atoms with van der Waals surface area (Å²) in [6.45, 7) is 7.35. The van der Waals surface area contributed by atoms with Gasteiger partial charge in [-0.25, -0.2) is 0 Å². The normalized spacial score (nSPS) is 29.0. The minimum Gasteiger partial charge on any atom is -0.393 e. The zero-order valence-electron chi connectivity index (χ0n) is 9.04. The Morgan fingerprint density at radius 2 is 2.21 bits per heavy atom. The summed E-state index contributed by atoms with van der Waals surface area (Å²) in [5, 5.41) is 9.41. The average molecular weight is 200 g/mol. The van der Waals surface area contributed by atoms with E-state index in [-0.39, 0.29) is 12.0 Å². The Hall–Kier alpha value is -0.610. The standard InChI is InChI=1S/C10H18NO3/c1-9(2,3)10(7-12)6-11(8-13)4-5-14-10/h12H,4-7H2,1-3H3/t10-/m1/s1. The maximum absolute atomic E-state index is 10.6. The molecule has 0 aliphatic carbocycles. The predicted octanol–water partition coefficient (Wildman–Crippen LogP) is 0.163. The number of aliphatic hydroxyl groups is 1. The zero-order valence-corrected chi connectivity index (χ0v) is 9.04. The molecule has 4 heteroatoms. The van der Waals surface area contributed by atoms with Gasteiger partial charge < -0.3 is 14.7 Å². The number of amides is 1. The van der Waals surface area contributed by atoms with E-state index in [1.807, 2.05) is 27.2 Å². The first-order valence-electron chi connectivity index (χ1n) is 4.83. The SMILES string of the molecule is CC(C)(C)[C@]1(CO)CN([C]=O)CCO1. The highest BCUT2D eigenvalue weighted by molar-refractivity contribution is 5.48. The lowest BCUT2D eigenvalue weighted by atomic mass is 9.76. The predicted molar refractivity (Wildman–Crippen MR) is 52.5 cm³/mol. The first-order chi connectivity index (χ1) is 6.45. The number of hydrogen-bond donors (Lipinski definition) is 1. The van der Waals surface area contributed by atoms with Crippen molar-refractivity contribution in [3.63, 3.8) is 0 Å². The fourth-order valence-corrected chi connectivity index (χ4v) is 1.65. The van der Waals surface area contributed by atoms with E-state index in [0.29, 0.717) is 19.7 Å². The highest BCUT2D eigenvalue weighted by Gasteiger charge is 2.46. The summed E-state index contributed by atoms with van der Waals surface area (Å²) in [7, 11) is 0. The number of rotatable bonds is 2. The third kappa shape index (κ3) is 1.91. The molecule has 1 saturated heterocycles. The van der Waals surface area contributed by atoms with E-state index in [1.165, 1.54) is 4.90 Å². The van der Waals surface area contributed by atoms with Gasteiger partial charge in [0.2, 0.25) is 0 Å². The first kappa shape index (κ1) is 11.5. The fourth-order valence-electron chi connectivity index (χ4n) is 1.65. The Morgan fingerprint density at radius 3 is 2.64 bits per heavy atom. The largest absolute Gasteiger partial charge is 0.393 e. The van der Waals surface area contributed by atoms with Crippen molar-refractivity contribution in [3.8, 4) is 0 Å². The van der Waals surface area contributed by atoms with E-state index in [4.69, 9.17) is 4.74 Å². The van der Waals surface area contributed by atoms with Gasteiger partial charge in [0.1, 0.15) is 5.60 Å². The second-order valence-corrected chi connectivity index (χ2v) is 4.76. The molecule has 0 spiro atoms.